The highest BCUT2D eigenvalue weighted by atomic mass is 16.5. The van der Waals surface area contributed by atoms with Crippen LogP contribution in [0, 0.1) is 5.92 Å². The van der Waals surface area contributed by atoms with E-state index < -0.39 is 195 Å². The third kappa shape index (κ3) is 25.8. The molecule has 0 aliphatic carbocycles. The molecule has 0 saturated carbocycles. The summed E-state index contributed by atoms with van der Waals surface area (Å²) in [5.74, 6) is -16.9. The number of amides is 12. The third-order valence-electron chi connectivity index (χ3n) is 15.6. The van der Waals surface area contributed by atoms with E-state index in [1.807, 2.05) is 30.3 Å². The van der Waals surface area contributed by atoms with Crippen LogP contribution in [0.4, 0.5) is 0 Å². The van der Waals surface area contributed by atoms with Crippen molar-refractivity contribution in [3.05, 3.63) is 30.3 Å². The van der Waals surface area contributed by atoms with E-state index in [1.54, 1.807) is 13.8 Å². The molecule has 3 heterocycles. The second-order valence-corrected chi connectivity index (χ2v) is 22.7. The highest BCUT2D eigenvalue weighted by Crippen LogP contribution is 2.23. The van der Waals surface area contributed by atoms with Gasteiger partial charge < -0.3 is 88.1 Å². The topological polar surface area (TPSA) is 473 Å². The first-order chi connectivity index (χ1) is 43.3. The summed E-state index contributed by atoms with van der Waals surface area (Å²) in [5, 5.41) is 62.6. The minimum Gasteiger partial charge on any atom is -0.494 e. The maximum absolute atomic E-state index is 14.8. The lowest BCUT2D eigenvalue weighted by Gasteiger charge is -2.37. The molecule has 1 aromatic rings. The lowest BCUT2D eigenvalue weighted by atomic mass is 9.96. The number of carboxylic acids is 3. The number of para-hydroxylation sites is 1. The molecule has 0 radical (unpaired) electrons. The molecule has 32 nitrogen and oxygen atoms in total. The summed E-state index contributed by atoms with van der Waals surface area (Å²) in [7, 11) is 0. The lowest BCUT2D eigenvalue weighted by molar-refractivity contribution is -0.146. The molecule has 0 aromatic heterocycles. The standard InChI is InChI=1S/C59H88N12O20/c1-4-34(2)50-59(90)71-25-18-22-42(71)55(86)60-30-40(67-54(85)39(29-49(81)82)64-43(73)23-14-9-7-5-6-8-10-17-26-91-36-19-12-11-13-20-36)58(89)70-24-16-15-21-41(70)56(87)63-32-45(75)66-37(27-47(77)78)52(83)61-31-44(74)65-38(28-48(79)80)53(84)62-33-46(76)68-51(35(3)72)57(88)69-50/h11-13,19-20,34-35,37-42,50-51,72H,4-10,14-18,21-33H2,1-3H3,(H,60,86)(H,61,83)(H,62,84)(H,63,87)(H,64,73)(H,65,74)(H,66,75)(H,67,85)(H,68,76)(H,69,88)(H,77,78)(H,79,80)(H,81,82)/t34-,35-,37+,38+,39+,40+,41+,42+,50+,51+/m1/s1. The number of aliphatic hydroxyl groups is 1. The van der Waals surface area contributed by atoms with Crippen molar-refractivity contribution in [3.8, 4) is 5.75 Å². The predicted octanol–water partition coefficient (Wildman–Crippen LogP) is -2.81. The maximum atomic E-state index is 14.8. The van der Waals surface area contributed by atoms with Crippen molar-refractivity contribution in [2.75, 3.05) is 45.9 Å². The van der Waals surface area contributed by atoms with Gasteiger partial charge in [0.15, 0.2) is 0 Å². The Balaban J connectivity index is 1.60. The van der Waals surface area contributed by atoms with Crippen LogP contribution in [-0.2, 0) is 71.9 Å². The zero-order chi connectivity index (χ0) is 67.2. The van der Waals surface area contributed by atoms with Crippen LogP contribution < -0.4 is 57.9 Å². The highest BCUT2D eigenvalue weighted by molar-refractivity contribution is 6.00. The summed E-state index contributed by atoms with van der Waals surface area (Å²) in [6, 6.07) is -3.63. The molecule has 0 spiro atoms. The smallest absolute Gasteiger partial charge is 0.305 e. The molecule has 4 rings (SSSR count). The summed E-state index contributed by atoms with van der Waals surface area (Å²) < 4.78 is 5.74. The predicted molar refractivity (Wildman–Crippen MR) is 319 cm³/mol. The van der Waals surface area contributed by atoms with E-state index in [2.05, 4.69) is 53.2 Å². The van der Waals surface area contributed by atoms with E-state index in [0.717, 1.165) is 56.1 Å². The molecule has 3 aliphatic rings. The van der Waals surface area contributed by atoms with Gasteiger partial charge in [-0.05, 0) is 69.9 Å². The van der Waals surface area contributed by atoms with Gasteiger partial charge in [0.25, 0.3) is 0 Å². The Morgan fingerprint density at radius 2 is 1.09 bits per heavy atom. The van der Waals surface area contributed by atoms with Crippen molar-refractivity contribution < 1.29 is 97.1 Å². The van der Waals surface area contributed by atoms with E-state index in [-0.39, 0.29) is 45.2 Å². The number of rotatable bonds is 24. The monoisotopic (exact) mass is 1280 g/mol. The Labute approximate surface area is 525 Å². The van der Waals surface area contributed by atoms with Gasteiger partial charge in [0.2, 0.25) is 70.9 Å². The lowest BCUT2D eigenvalue weighted by Crippen LogP contribution is -2.63. The Hall–Kier alpha value is -8.97. The number of nitrogens with zero attached hydrogens (tertiary/aromatic N) is 2. The molecule has 0 bridgehead atoms. The summed E-state index contributed by atoms with van der Waals surface area (Å²) in [6.45, 7) is 1.27. The molecule has 1 aromatic carbocycles. The Morgan fingerprint density at radius 3 is 1.64 bits per heavy atom. The zero-order valence-corrected chi connectivity index (χ0v) is 51.6. The average molecular weight is 1290 g/mol. The normalized spacial score (nSPS) is 23.4. The van der Waals surface area contributed by atoms with Gasteiger partial charge in [0.05, 0.1) is 51.6 Å². The van der Waals surface area contributed by atoms with E-state index >= 15 is 0 Å². The molecular weight excluding hydrogens is 1200 g/mol. The zero-order valence-electron chi connectivity index (χ0n) is 51.6. The molecule has 91 heavy (non-hydrogen) atoms. The van der Waals surface area contributed by atoms with Gasteiger partial charge in [0.1, 0.15) is 54.1 Å². The van der Waals surface area contributed by atoms with Crippen LogP contribution in [0.1, 0.15) is 136 Å². The summed E-state index contributed by atoms with van der Waals surface area (Å²) in [6.07, 6.45) is 3.12. The summed E-state index contributed by atoms with van der Waals surface area (Å²) in [5.41, 5.74) is 0. The van der Waals surface area contributed by atoms with Crippen LogP contribution in [0.3, 0.4) is 0 Å². The minimum atomic E-state index is -1.90. The second kappa shape index (κ2) is 38.5. The molecule has 3 saturated heterocycles. The van der Waals surface area contributed by atoms with Crippen LogP contribution in [0.2, 0.25) is 0 Å². The second-order valence-electron chi connectivity index (χ2n) is 22.7. The van der Waals surface area contributed by atoms with Crippen molar-refractivity contribution in [3.63, 3.8) is 0 Å². The molecule has 3 fully saturated rings. The molecule has 3 aliphatic heterocycles. The molecule has 504 valence electrons. The number of carbonyl (C=O) groups excluding carboxylic acids is 12. The Bertz CT molecular complexity index is 2740. The van der Waals surface area contributed by atoms with Gasteiger partial charge in [0, 0.05) is 26.1 Å². The maximum Gasteiger partial charge on any atom is 0.305 e. The van der Waals surface area contributed by atoms with E-state index in [0.29, 0.717) is 32.3 Å². The third-order valence-corrected chi connectivity index (χ3v) is 15.6. The first-order valence-corrected chi connectivity index (χ1v) is 30.8. The summed E-state index contributed by atoms with van der Waals surface area (Å²) >= 11 is 0. The van der Waals surface area contributed by atoms with Gasteiger partial charge in [-0.25, -0.2) is 0 Å². The summed E-state index contributed by atoms with van der Waals surface area (Å²) in [4.78, 5) is 203. The van der Waals surface area contributed by atoms with Crippen LogP contribution >= 0.6 is 0 Å². The molecule has 14 N–H and O–H groups in total. The fourth-order valence-electron chi connectivity index (χ4n) is 10.4. The highest BCUT2D eigenvalue weighted by Gasteiger charge is 2.43. The van der Waals surface area contributed by atoms with Crippen LogP contribution in [-0.4, -0.2) is 219 Å². The van der Waals surface area contributed by atoms with Crippen molar-refractivity contribution in [2.24, 2.45) is 5.92 Å². The fraction of sp³-hybridized carbons (Fsp3) is 0.644. The molecule has 0 unspecified atom stereocenters. The molecule has 10 atom stereocenters. The number of unbranched alkanes of at least 4 members (excludes halogenated alkanes) is 7. The number of ether oxygens (including phenoxy) is 1. The minimum absolute atomic E-state index is 0.0172. The molecule has 12 amide bonds. The van der Waals surface area contributed by atoms with Gasteiger partial charge in [-0.15, -0.1) is 0 Å². The van der Waals surface area contributed by atoms with E-state index in [4.69, 9.17) is 4.74 Å². The molecular formula is C59H88N12O20. The number of hydrogen-bond acceptors (Lipinski definition) is 17. The van der Waals surface area contributed by atoms with Crippen molar-refractivity contribution in [2.45, 2.75) is 191 Å². The van der Waals surface area contributed by atoms with Crippen LogP contribution in [0.15, 0.2) is 30.3 Å². The number of nitrogens with one attached hydrogen (secondary N) is 10. The van der Waals surface area contributed by atoms with Crippen LogP contribution in [0.25, 0.3) is 0 Å². The number of piperidine rings is 1. The first kappa shape index (κ1) is 74.5. The van der Waals surface area contributed by atoms with E-state index in [1.165, 1.54) is 4.90 Å². The van der Waals surface area contributed by atoms with Crippen LogP contribution in [0.5, 0.6) is 5.75 Å². The number of benzene rings is 1. The Morgan fingerprint density at radius 1 is 0.582 bits per heavy atom. The van der Waals surface area contributed by atoms with Crippen molar-refractivity contribution in [1.29, 1.82) is 0 Å². The number of fused-ring (bicyclic) bond motifs is 2. The van der Waals surface area contributed by atoms with Gasteiger partial charge in [-0.1, -0.05) is 77.0 Å². The van der Waals surface area contributed by atoms with Gasteiger partial charge >= 0.3 is 17.9 Å². The largest absolute Gasteiger partial charge is 0.494 e. The van der Waals surface area contributed by atoms with Gasteiger partial charge in [-0.3, -0.25) is 71.9 Å². The van der Waals surface area contributed by atoms with E-state index in [9.17, 15) is 92.3 Å². The van der Waals surface area contributed by atoms with Crippen molar-refractivity contribution in [1.82, 2.24) is 63.0 Å². The van der Waals surface area contributed by atoms with Crippen molar-refractivity contribution >= 4 is 88.8 Å². The number of aliphatic hydroxyl groups excluding tert-OH is 1. The average Bonchev–Trinajstić information content (AvgIpc) is 1.92. The molecule has 32 heteroatoms. The number of hydrogen-bond donors (Lipinski definition) is 14. The first-order valence-electron chi connectivity index (χ1n) is 30.8. The SMILES string of the molecule is CC[C@@H](C)[C@@H]1NC(=O)[C@H]([C@@H](C)O)NC(=O)CNC(=O)[C@H](CC(=O)O)NC(=O)CNC(=O)[C@H](CC(=O)O)NC(=O)CNC(=O)[C@@H]2CCCCN2C(=O)[C@@H](NC(=O)[C@H](CC(=O)O)NC(=O)CCCCCCCCCCOc2ccccc2)CNC(=O)[C@@H]2CCCN2C1=O. The van der Waals surface area contributed by atoms with Gasteiger partial charge in [-0.2, -0.15) is 0 Å². The fourth-order valence-corrected chi connectivity index (χ4v) is 10.4. The number of carboxylic acid groups (broad SMARTS) is 3. The Kier molecular flexibility index (Phi) is 31.6. The quantitative estimate of drug-likeness (QED) is 0.0465. The number of carbonyl (C=O) groups is 15. The number of aliphatic carboxylic acids is 3.